The number of benzene rings is 2. The van der Waals surface area contributed by atoms with Gasteiger partial charge >= 0.3 is 5.97 Å². The Hall–Kier alpha value is -3.62. The minimum absolute atomic E-state index is 0.131. The first kappa shape index (κ1) is 23.5. The molecular formula is C25H29FN2O6. The summed E-state index contributed by atoms with van der Waals surface area (Å²) in [5, 5.41) is 0. The second kappa shape index (κ2) is 10.1. The zero-order chi connectivity index (χ0) is 26.0. The van der Waals surface area contributed by atoms with E-state index in [9.17, 15) is 18.8 Å². The highest BCUT2D eigenvalue weighted by Gasteiger charge is 2.37. The van der Waals surface area contributed by atoms with Gasteiger partial charge in [-0.1, -0.05) is 6.07 Å². The number of primary amides is 1. The van der Waals surface area contributed by atoms with Crippen molar-refractivity contribution in [1.29, 1.82) is 0 Å². The zero-order valence-corrected chi connectivity index (χ0v) is 19.6. The van der Waals surface area contributed by atoms with Crippen LogP contribution in [0.1, 0.15) is 56.5 Å². The van der Waals surface area contributed by atoms with Crippen LogP contribution >= 0.6 is 0 Å². The maximum Gasteiger partial charge on any atom is 0.306 e. The number of rotatable bonds is 9. The van der Waals surface area contributed by atoms with Crippen LogP contribution in [0.2, 0.25) is 0 Å². The maximum absolute atomic E-state index is 14.2. The number of amides is 2. The Labute approximate surface area is 199 Å². The summed E-state index contributed by atoms with van der Waals surface area (Å²) in [6.07, 6.45) is -0.607. The molecule has 0 spiro atoms. The fraction of sp³-hybridized carbons (Fsp3) is 0.400. The molecule has 2 aromatic carbocycles. The Morgan fingerprint density at radius 1 is 1.26 bits per heavy atom. The average Bonchev–Trinajstić information content (AvgIpc) is 3.13. The van der Waals surface area contributed by atoms with E-state index in [1.807, 2.05) is 0 Å². The van der Waals surface area contributed by atoms with Crippen LogP contribution < -0.4 is 15.2 Å². The first-order valence-electron chi connectivity index (χ1n) is 11.3. The summed E-state index contributed by atoms with van der Waals surface area (Å²) in [5.41, 5.74) is 5.72. The van der Waals surface area contributed by atoms with E-state index in [4.69, 9.17) is 21.3 Å². The molecule has 34 heavy (non-hydrogen) atoms. The van der Waals surface area contributed by atoms with E-state index in [1.165, 1.54) is 25.3 Å². The maximum atomic E-state index is 14.2. The van der Waals surface area contributed by atoms with E-state index < -0.39 is 35.2 Å². The molecule has 1 heterocycles. The van der Waals surface area contributed by atoms with Crippen LogP contribution in [-0.2, 0) is 27.5 Å². The molecule has 0 unspecified atom stereocenters. The van der Waals surface area contributed by atoms with Gasteiger partial charge in [0.25, 0.3) is 5.91 Å². The van der Waals surface area contributed by atoms with Crippen LogP contribution in [0, 0.1) is 5.82 Å². The van der Waals surface area contributed by atoms with Gasteiger partial charge in [0.05, 0.1) is 15.0 Å². The van der Waals surface area contributed by atoms with Gasteiger partial charge in [0.2, 0.25) is 5.91 Å². The molecule has 0 bridgehead atoms. The van der Waals surface area contributed by atoms with Crippen molar-refractivity contribution in [3.05, 3.63) is 58.9 Å². The Bertz CT molecular complexity index is 1150. The summed E-state index contributed by atoms with van der Waals surface area (Å²) < 4.78 is 39.1. The molecule has 0 saturated carbocycles. The van der Waals surface area contributed by atoms with Crippen molar-refractivity contribution in [1.82, 2.24) is 4.90 Å². The molecule has 1 aliphatic heterocycles. The molecule has 0 radical (unpaired) electrons. The van der Waals surface area contributed by atoms with Crippen molar-refractivity contribution >= 4 is 17.8 Å². The number of nitrogens with two attached hydrogens (primary N) is 1. The highest BCUT2D eigenvalue weighted by atomic mass is 19.1. The van der Waals surface area contributed by atoms with E-state index in [0.29, 0.717) is 17.1 Å². The van der Waals surface area contributed by atoms with Crippen LogP contribution in [0.15, 0.2) is 36.4 Å². The molecule has 9 heteroatoms. The summed E-state index contributed by atoms with van der Waals surface area (Å²) in [6, 6.07) is 6.84. The van der Waals surface area contributed by atoms with Gasteiger partial charge < -0.3 is 24.8 Å². The van der Waals surface area contributed by atoms with Gasteiger partial charge in [0, 0.05) is 23.1 Å². The fourth-order valence-corrected chi connectivity index (χ4v) is 3.61. The van der Waals surface area contributed by atoms with E-state index in [-0.39, 0.29) is 37.1 Å². The van der Waals surface area contributed by atoms with Crippen molar-refractivity contribution in [2.75, 3.05) is 7.11 Å². The first-order valence-corrected chi connectivity index (χ1v) is 10.8. The number of nitrogens with zero attached hydrogens (tertiary/aromatic N) is 1. The van der Waals surface area contributed by atoms with Crippen molar-refractivity contribution < 1.29 is 34.4 Å². The molecular weight excluding hydrogens is 443 g/mol. The summed E-state index contributed by atoms with van der Waals surface area (Å²) in [5.74, 6) is -1.96. The van der Waals surface area contributed by atoms with Crippen molar-refractivity contribution in [3.8, 4) is 11.5 Å². The number of hydrogen-bond acceptors (Lipinski definition) is 6. The van der Waals surface area contributed by atoms with Gasteiger partial charge in [-0.25, -0.2) is 4.39 Å². The fourth-order valence-electron chi connectivity index (χ4n) is 3.61. The van der Waals surface area contributed by atoms with E-state index in [1.54, 1.807) is 39.0 Å². The van der Waals surface area contributed by atoms with E-state index in [0.717, 1.165) is 4.90 Å². The second-order valence-corrected chi connectivity index (χ2v) is 8.82. The molecule has 0 aromatic heterocycles. The minimum Gasteiger partial charge on any atom is -0.497 e. The van der Waals surface area contributed by atoms with Crippen LogP contribution in [-0.4, -0.2) is 41.4 Å². The lowest BCUT2D eigenvalue weighted by Gasteiger charge is -2.26. The van der Waals surface area contributed by atoms with Crippen LogP contribution in [0.25, 0.3) is 0 Å². The summed E-state index contributed by atoms with van der Waals surface area (Å²) >= 11 is 0. The third-order valence-corrected chi connectivity index (χ3v) is 5.16. The first-order chi connectivity index (χ1) is 16.4. The van der Waals surface area contributed by atoms with E-state index in [2.05, 4.69) is 0 Å². The Kier molecular flexibility index (Phi) is 7.00. The monoisotopic (exact) mass is 473 g/mol. The molecule has 3 rings (SSSR count). The predicted octanol–water partition coefficient (Wildman–Crippen LogP) is 3.34. The largest absolute Gasteiger partial charge is 0.497 e. The number of halogens is 1. The highest BCUT2D eigenvalue weighted by molar-refractivity contribution is 6.01. The van der Waals surface area contributed by atoms with Crippen LogP contribution in [0.5, 0.6) is 11.5 Å². The molecule has 8 nitrogen and oxygen atoms in total. The van der Waals surface area contributed by atoms with Crippen molar-refractivity contribution in [3.63, 3.8) is 0 Å². The molecule has 0 fully saturated rings. The van der Waals surface area contributed by atoms with Crippen molar-refractivity contribution in [2.24, 2.45) is 5.73 Å². The normalized spacial score (nSPS) is 15.3. The quantitative estimate of drug-likeness (QED) is 0.560. The molecule has 2 N–H and O–H groups in total. The van der Waals surface area contributed by atoms with Gasteiger partial charge in [0.15, 0.2) is 0 Å². The lowest BCUT2D eigenvalue weighted by Crippen LogP contribution is -2.45. The Balaban J connectivity index is 1.80. The number of esters is 1. The lowest BCUT2D eigenvalue weighted by atomic mass is 10.1. The van der Waals surface area contributed by atoms with Gasteiger partial charge in [-0.2, -0.15) is 0 Å². The number of hydrogen-bond donors (Lipinski definition) is 1. The zero-order valence-electron chi connectivity index (χ0n) is 20.6. The van der Waals surface area contributed by atoms with Gasteiger partial charge in [-0.05, 0) is 57.5 Å². The van der Waals surface area contributed by atoms with Crippen molar-refractivity contribution in [2.45, 2.75) is 58.4 Å². The molecule has 1 aliphatic rings. The van der Waals surface area contributed by atoms with Crippen LogP contribution in [0.3, 0.4) is 0 Å². The van der Waals surface area contributed by atoms with Gasteiger partial charge in [-0.3, -0.25) is 14.4 Å². The molecule has 1 atom stereocenters. The molecule has 0 aliphatic carbocycles. The van der Waals surface area contributed by atoms with Gasteiger partial charge in [0.1, 0.15) is 35.5 Å². The third kappa shape index (κ3) is 5.84. The number of methoxy groups -OCH3 is 1. The average molecular weight is 474 g/mol. The Morgan fingerprint density at radius 3 is 2.65 bits per heavy atom. The lowest BCUT2D eigenvalue weighted by molar-refractivity contribution is -0.155. The highest BCUT2D eigenvalue weighted by Crippen LogP contribution is 2.33. The molecule has 2 amide bonds. The standard InChI is InChI=1S/C25H29FN2O6/c1-25(2,3)34-22(29)11-10-20(23(27)30)28-13-18-17(24(28)31)6-5-7-21(18)33-14-15-12-16(32-4)8-9-19(15)26/h5-9,12,20H,10-11,13-14H2,1-4H3,(H2,27,30)/t20-/m0/s1/i20D. The summed E-state index contributed by atoms with van der Waals surface area (Å²) in [4.78, 5) is 38.6. The number of ether oxygens (including phenoxy) is 3. The molecule has 2 aromatic rings. The number of fused-ring (bicyclic) bond motifs is 1. The van der Waals surface area contributed by atoms with E-state index >= 15 is 0 Å². The molecule has 0 saturated heterocycles. The van der Waals surface area contributed by atoms with Gasteiger partial charge in [-0.15, -0.1) is 0 Å². The smallest absolute Gasteiger partial charge is 0.306 e. The predicted molar refractivity (Wildman–Crippen MR) is 122 cm³/mol. The topological polar surface area (TPSA) is 108 Å². The number of carbonyl (C=O) groups is 3. The SMILES string of the molecule is [2H][C@](CCC(=O)OC(C)(C)C)(C(N)=O)N1Cc2c(OCc3cc(OC)ccc3F)cccc2C1=O. The third-order valence-electron chi connectivity index (χ3n) is 5.16. The molecule has 182 valence electrons. The second-order valence-electron chi connectivity index (χ2n) is 8.82. The summed E-state index contributed by atoms with van der Waals surface area (Å²) in [7, 11) is 1.47. The Morgan fingerprint density at radius 2 is 2.00 bits per heavy atom. The summed E-state index contributed by atoms with van der Waals surface area (Å²) in [6.45, 7) is 4.84. The number of carbonyl (C=O) groups excluding carboxylic acids is 3. The van der Waals surface area contributed by atoms with Crippen LogP contribution in [0.4, 0.5) is 4.39 Å². The minimum atomic E-state index is -2.18.